The van der Waals surface area contributed by atoms with Crippen LogP contribution in [0.5, 0.6) is 0 Å². The molecule has 11 nitrogen and oxygen atoms in total. The molecule has 0 aliphatic carbocycles. The van der Waals surface area contributed by atoms with E-state index >= 15 is 0 Å². The van der Waals surface area contributed by atoms with Gasteiger partial charge in [-0.25, -0.2) is 9.67 Å². The number of alkyl halides is 2. The third-order valence-corrected chi connectivity index (χ3v) is 13.9. The number of nitrogens with zero attached hydrogens (tertiary/aromatic N) is 4. The van der Waals surface area contributed by atoms with Crippen molar-refractivity contribution >= 4 is 42.4 Å². The molecule has 2 heterocycles. The Morgan fingerprint density at radius 3 is 1.95 bits per heavy atom. The molecule has 15 heteroatoms. The predicted octanol–water partition coefficient (Wildman–Crippen LogP) is 10.1. The first-order chi connectivity index (χ1) is 29.1. The molecule has 0 spiro atoms. The Morgan fingerprint density at radius 2 is 1.34 bits per heavy atom. The van der Waals surface area contributed by atoms with Gasteiger partial charge >= 0.3 is 20.9 Å². The highest BCUT2D eigenvalue weighted by Crippen LogP contribution is 2.59. The Hall–Kier alpha value is -4.97. The van der Waals surface area contributed by atoms with Gasteiger partial charge in [-0.3, -0.25) is 9.13 Å². The predicted molar refractivity (Wildman–Crippen MR) is 233 cm³/mol. The summed E-state index contributed by atoms with van der Waals surface area (Å²) in [5.74, 6) is 0.230. The van der Waals surface area contributed by atoms with E-state index in [0.29, 0.717) is 45.8 Å². The Bertz CT molecular complexity index is 2720. The number of hydrogen-bond acceptors (Lipinski definition) is 8. The number of para-hydroxylation sites is 1. The molecule has 0 amide bonds. The summed E-state index contributed by atoms with van der Waals surface area (Å²) in [6.45, 7) is 7.82. The van der Waals surface area contributed by atoms with Crippen molar-refractivity contribution in [2.24, 2.45) is 5.92 Å². The van der Waals surface area contributed by atoms with Gasteiger partial charge in [-0.1, -0.05) is 116 Å². The molecule has 0 radical (unpaired) electrons. The fourth-order valence-electron chi connectivity index (χ4n) is 7.83. The lowest BCUT2D eigenvalue weighted by atomic mass is 9.78. The number of hydrogen-bond donors (Lipinski definition) is 3. The van der Waals surface area contributed by atoms with Crippen molar-refractivity contribution in [3.8, 4) is 11.1 Å². The number of aliphatic hydroxyl groups excluding tert-OH is 1. The molecule has 318 valence electrons. The first-order valence-electron chi connectivity index (χ1n) is 20.1. The van der Waals surface area contributed by atoms with Crippen LogP contribution in [-0.2, 0) is 42.2 Å². The lowest BCUT2D eigenvalue weighted by molar-refractivity contribution is 0.0564. The van der Waals surface area contributed by atoms with E-state index < -0.39 is 38.1 Å². The van der Waals surface area contributed by atoms with Crippen LogP contribution in [-0.4, -0.2) is 48.1 Å². The standard InChI is InChI=1S/C46H48F2N4O7P2/c1-5-58-60(54,59-6-2)43-28-36(27-35-22-25-40(49-44(35)43)42(53)26-31(3)4)34-20-16-32(17-21-34)29-45(37-12-8-7-9-13-37,52-41-15-11-10-14-39(41)50-51-52)30-33-18-23-38(24-19-33)46(47,48)61(55,56)57/h7-25,27-28,31,42,53H,5-6,26,29-30H2,1-4H3,(H2,55,56,57). The van der Waals surface area contributed by atoms with Crippen LogP contribution in [0.1, 0.15) is 68.2 Å². The zero-order chi connectivity index (χ0) is 43.6. The molecular weight excluding hydrogens is 820 g/mol. The van der Waals surface area contributed by atoms with Crippen molar-refractivity contribution in [2.45, 2.75) is 64.3 Å². The average Bonchev–Trinajstić information content (AvgIpc) is 3.68. The highest BCUT2D eigenvalue weighted by atomic mass is 31.2. The monoisotopic (exact) mass is 868 g/mol. The van der Waals surface area contributed by atoms with Gasteiger partial charge in [0.25, 0.3) is 0 Å². The lowest BCUT2D eigenvalue weighted by Crippen LogP contribution is -2.40. The van der Waals surface area contributed by atoms with E-state index in [2.05, 4.69) is 10.3 Å². The summed E-state index contributed by atoms with van der Waals surface area (Å²) in [6.07, 6.45) is 0.310. The Morgan fingerprint density at radius 1 is 0.738 bits per heavy atom. The fraction of sp³-hybridized carbons (Fsp3) is 0.283. The van der Waals surface area contributed by atoms with Crippen LogP contribution in [0.3, 0.4) is 0 Å². The molecule has 2 atom stereocenters. The zero-order valence-electron chi connectivity index (χ0n) is 34.2. The van der Waals surface area contributed by atoms with E-state index in [1.807, 2.05) is 110 Å². The van der Waals surface area contributed by atoms with Gasteiger partial charge in [0.05, 0.1) is 46.9 Å². The van der Waals surface area contributed by atoms with Crippen LogP contribution in [0.15, 0.2) is 127 Å². The van der Waals surface area contributed by atoms with Gasteiger partial charge in [-0.15, -0.1) is 5.10 Å². The Kier molecular flexibility index (Phi) is 12.9. The number of benzene rings is 5. The maximum atomic E-state index is 14.7. The summed E-state index contributed by atoms with van der Waals surface area (Å²) in [7, 11) is -9.62. The van der Waals surface area contributed by atoms with Gasteiger partial charge in [0.15, 0.2) is 0 Å². The highest BCUT2D eigenvalue weighted by molar-refractivity contribution is 7.62. The lowest BCUT2D eigenvalue weighted by Gasteiger charge is -2.36. The number of rotatable bonds is 17. The van der Waals surface area contributed by atoms with Crippen LogP contribution in [0.2, 0.25) is 0 Å². The van der Waals surface area contributed by atoms with Crippen LogP contribution in [0.25, 0.3) is 33.1 Å². The van der Waals surface area contributed by atoms with E-state index in [0.717, 1.165) is 39.9 Å². The van der Waals surface area contributed by atoms with E-state index in [1.54, 1.807) is 26.0 Å². The molecule has 0 saturated carbocycles. The molecule has 0 aliphatic rings. The van der Waals surface area contributed by atoms with Crippen molar-refractivity contribution in [2.75, 3.05) is 13.2 Å². The van der Waals surface area contributed by atoms with E-state index in [-0.39, 0.29) is 25.6 Å². The van der Waals surface area contributed by atoms with Crippen molar-refractivity contribution in [1.82, 2.24) is 20.0 Å². The summed E-state index contributed by atoms with van der Waals surface area (Å²) in [5, 5.41) is 21.1. The summed E-state index contributed by atoms with van der Waals surface area (Å²) in [5.41, 5.74) is 0.138. The second kappa shape index (κ2) is 17.8. The fourth-order valence-corrected chi connectivity index (χ4v) is 10.1. The molecular formula is C46H48F2N4O7P2. The smallest absolute Gasteiger partial charge is 0.387 e. The highest BCUT2D eigenvalue weighted by Gasteiger charge is 2.50. The number of halogens is 2. The molecule has 0 bridgehead atoms. The third kappa shape index (κ3) is 9.01. The van der Waals surface area contributed by atoms with E-state index in [9.17, 15) is 32.8 Å². The summed E-state index contributed by atoms with van der Waals surface area (Å²) >= 11 is 0. The van der Waals surface area contributed by atoms with E-state index in [4.69, 9.17) is 14.0 Å². The van der Waals surface area contributed by atoms with Gasteiger partial charge in [-0.2, -0.15) is 8.78 Å². The number of aromatic nitrogens is 4. The second-order valence-corrected chi connectivity index (χ2v) is 19.1. The van der Waals surface area contributed by atoms with Crippen molar-refractivity contribution in [3.63, 3.8) is 0 Å². The Labute approximate surface area is 353 Å². The maximum absolute atomic E-state index is 14.7. The third-order valence-electron chi connectivity index (χ3n) is 10.7. The van der Waals surface area contributed by atoms with Crippen LogP contribution in [0, 0.1) is 5.92 Å². The second-order valence-electron chi connectivity index (χ2n) is 15.5. The molecule has 0 saturated heterocycles. The first kappa shape index (κ1) is 44.1. The molecule has 3 N–H and O–H groups in total. The van der Waals surface area contributed by atoms with Crippen LogP contribution >= 0.6 is 15.2 Å². The van der Waals surface area contributed by atoms with Crippen LogP contribution < -0.4 is 5.30 Å². The topological polar surface area (TPSA) is 157 Å². The minimum atomic E-state index is -5.77. The van der Waals surface area contributed by atoms with E-state index in [1.165, 1.54) is 12.1 Å². The summed E-state index contributed by atoms with van der Waals surface area (Å²) < 4.78 is 69.1. The van der Waals surface area contributed by atoms with Crippen LogP contribution in [0.4, 0.5) is 8.78 Å². The SMILES string of the molecule is CCOP(=O)(OCC)c1cc(-c2ccc(CC(Cc3ccc(C(F)(F)P(=O)(O)O)cc3)(c3ccccc3)n3nnc4ccccc43)cc2)cc2ccc(C(O)CC(C)C)nc12. The molecule has 7 rings (SSSR count). The zero-order valence-corrected chi connectivity index (χ0v) is 36.0. The quantitative estimate of drug-likeness (QED) is 0.0753. The summed E-state index contributed by atoms with van der Waals surface area (Å²) in [6, 6.07) is 37.6. The van der Waals surface area contributed by atoms with Gasteiger partial charge in [0.2, 0.25) is 0 Å². The number of fused-ring (bicyclic) bond motifs is 2. The minimum Gasteiger partial charge on any atom is -0.387 e. The maximum Gasteiger partial charge on any atom is 0.399 e. The first-order valence-corrected chi connectivity index (χ1v) is 23.2. The van der Waals surface area contributed by atoms with Crippen molar-refractivity contribution in [3.05, 3.63) is 155 Å². The minimum absolute atomic E-state index is 0.140. The molecule has 2 aromatic heterocycles. The normalized spacial score (nSPS) is 14.1. The average molecular weight is 869 g/mol. The van der Waals surface area contributed by atoms with Crippen molar-refractivity contribution < 1.29 is 41.9 Å². The Balaban J connectivity index is 1.34. The van der Waals surface area contributed by atoms with Crippen molar-refractivity contribution in [1.29, 1.82) is 0 Å². The molecule has 7 aromatic rings. The van der Waals surface area contributed by atoms with Gasteiger partial charge < -0.3 is 23.9 Å². The van der Waals surface area contributed by atoms with Gasteiger partial charge in [0.1, 0.15) is 5.52 Å². The van der Waals surface area contributed by atoms with Gasteiger partial charge in [0, 0.05) is 23.8 Å². The number of pyridine rings is 1. The van der Waals surface area contributed by atoms with Gasteiger partial charge in [-0.05, 0) is 84.3 Å². The number of aliphatic hydroxyl groups is 1. The molecule has 0 aliphatic heterocycles. The largest absolute Gasteiger partial charge is 0.399 e. The molecule has 2 unspecified atom stereocenters. The summed E-state index contributed by atoms with van der Waals surface area (Å²) in [4.78, 5) is 23.6. The molecule has 0 fully saturated rings. The molecule has 61 heavy (non-hydrogen) atoms. The molecule has 5 aromatic carbocycles.